The van der Waals surface area contributed by atoms with Crippen molar-refractivity contribution in [3.05, 3.63) is 35.5 Å². The molecule has 0 fully saturated rings. The van der Waals surface area contributed by atoms with Crippen molar-refractivity contribution in [1.82, 2.24) is 10.2 Å². The average Bonchev–Trinajstić information content (AvgIpc) is 2.69. The number of aromatic nitrogens is 2. The molecule has 2 aromatic rings. The summed E-state index contributed by atoms with van der Waals surface area (Å²) in [6.07, 6.45) is 2.13. The van der Waals surface area contributed by atoms with Gasteiger partial charge in [-0.15, -0.1) is 0 Å². The maximum Gasteiger partial charge on any atom is 0.153 e. The lowest BCUT2D eigenvalue weighted by Crippen LogP contribution is -1.95. The molecule has 1 heterocycles. The molecule has 0 atom stereocenters. The predicted molar refractivity (Wildman–Crippen MR) is 76.3 cm³/mol. The van der Waals surface area contributed by atoms with E-state index in [-0.39, 0.29) is 0 Å². The number of benzene rings is 1. The Morgan fingerprint density at radius 1 is 1.22 bits per heavy atom. The molecule has 0 aliphatic carbocycles. The van der Waals surface area contributed by atoms with Crippen molar-refractivity contribution in [2.75, 3.05) is 5.73 Å². The highest BCUT2D eigenvalue weighted by Gasteiger charge is 2.13. The second-order valence-electron chi connectivity index (χ2n) is 5.26. The fourth-order valence-corrected chi connectivity index (χ4v) is 2.05. The number of H-pyrrole nitrogens is 1. The number of nitrogen functional groups attached to an aromatic ring is 1. The number of nitrogens with one attached hydrogen (secondary N) is 1. The number of anilines is 1. The molecule has 3 nitrogen and oxygen atoms in total. The van der Waals surface area contributed by atoms with Gasteiger partial charge in [0.05, 0.1) is 0 Å². The van der Waals surface area contributed by atoms with Crippen LogP contribution in [0.3, 0.4) is 0 Å². The first-order valence-corrected chi connectivity index (χ1v) is 6.47. The van der Waals surface area contributed by atoms with Crippen LogP contribution in [-0.2, 0) is 6.42 Å². The van der Waals surface area contributed by atoms with E-state index in [2.05, 4.69) is 55.2 Å². The predicted octanol–water partition coefficient (Wildman–Crippen LogP) is 3.56. The Balaban J connectivity index is 2.31. The van der Waals surface area contributed by atoms with Crippen molar-refractivity contribution < 1.29 is 0 Å². The van der Waals surface area contributed by atoms with Crippen LogP contribution in [0.4, 0.5) is 5.82 Å². The number of hydrogen-bond donors (Lipinski definition) is 2. The first kappa shape index (κ1) is 12.7. The second-order valence-corrected chi connectivity index (χ2v) is 5.26. The van der Waals surface area contributed by atoms with Gasteiger partial charge in [-0.3, -0.25) is 5.10 Å². The van der Waals surface area contributed by atoms with Crippen LogP contribution in [0, 0.1) is 12.8 Å². The Morgan fingerprint density at radius 3 is 2.50 bits per heavy atom. The molecule has 18 heavy (non-hydrogen) atoms. The van der Waals surface area contributed by atoms with E-state index in [0.717, 1.165) is 29.7 Å². The Kier molecular flexibility index (Phi) is 3.70. The van der Waals surface area contributed by atoms with Gasteiger partial charge in [-0.05, 0) is 31.2 Å². The number of aryl methyl sites for hydroxylation is 2. The number of aromatic amines is 1. The van der Waals surface area contributed by atoms with E-state index in [4.69, 9.17) is 5.73 Å². The van der Waals surface area contributed by atoms with Crippen LogP contribution in [-0.4, -0.2) is 10.2 Å². The van der Waals surface area contributed by atoms with E-state index in [1.807, 2.05) is 0 Å². The quantitative estimate of drug-likeness (QED) is 0.862. The van der Waals surface area contributed by atoms with Gasteiger partial charge in [-0.2, -0.15) is 5.10 Å². The highest BCUT2D eigenvalue weighted by molar-refractivity contribution is 5.76. The molecule has 0 aliphatic heterocycles. The van der Waals surface area contributed by atoms with Crippen LogP contribution in [0.1, 0.15) is 31.5 Å². The summed E-state index contributed by atoms with van der Waals surface area (Å²) in [5.41, 5.74) is 10.6. The van der Waals surface area contributed by atoms with E-state index in [0.29, 0.717) is 11.7 Å². The van der Waals surface area contributed by atoms with Gasteiger partial charge in [0, 0.05) is 11.3 Å². The topological polar surface area (TPSA) is 54.7 Å². The fourth-order valence-electron chi connectivity index (χ4n) is 2.05. The highest BCUT2D eigenvalue weighted by atomic mass is 15.2. The summed E-state index contributed by atoms with van der Waals surface area (Å²) < 4.78 is 0. The van der Waals surface area contributed by atoms with Gasteiger partial charge in [0.2, 0.25) is 0 Å². The van der Waals surface area contributed by atoms with Crippen molar-refractivity contribution in [3.63, 3.8) is 0 Å². The zero-order valence-corrected chi connectivity index (χ0v) is 11.3. The Bertz CT molecular complexity index is 509. The maximum atomic E-state index is 5.98. The maximum absolute atomic E-state index is 5.98. The molecule has 3 heteroatoms. The molecular formula is C15H21N3. The molecule has 0 radical (unpaired) electrons. The molecule has 1 aromatic carbocycles. The minimum atomic E-state index is 0.595. The molecule has 0 saturated carbocycles. The minimum absolute atomic E-state index is 0.595. The van der Waals surface area contributed by atoms with Crippen molar-refractivity contribution in [3.8, 4) is 11.1 Å². The van der Waals surface area contributed by atoms with Gasteiger partial charge in [-0.25, -0.2) is 0 Å². The third-order valence-corrected chi connectivity index (χ3v) is 3.18. The zero-order chi connectivity index (χ0) is 13.1. The zero-order valence-electron chi connectivity index (χ0n) is 11.3. The van der Waals surface area contributed by atoms with Crippen LogP contribution in [0.2, 0.25) is 0 Å². The lowest BCUT2D eigenvalue weighted by molar-refractivity contribution is 0.581. The first-order valence-electron chi connectivity index (χ1n) is 6.47. The summed E-state index contributed by atoms with van der Waals surface area (Å²) in [7, 11) is 0. The molecule has 2 rings (SSSR count). The molecule has 0 amide bonds. The fraction of sp³-hybridized carbons (Fsp3) is 0.400. The number of nitrogens with zero attached hydrogens (tertiary/aromatic N) is 1. The molecule has 0 bridgehead atoms. The van der Waals surface area contributed by atoms with Crippen molar-refractivity contribution >= 4 is 5.82 Å². The van der Waals surface area contributed by atoms with Gasteiger partial charge >= 0.3 is 0 Å². The molecule has 0 aliphatic rings. The lowest BCUT2D eigenvalue weighted by atomic mass is 9.99. The Labute approximate surface area is 108 Å². The van der Waals surface area contributed by atoms with Crippen molar-refractivity contribution in [1.29, 1.82) is 0 Å². The van der Waals surface area contributed by atoms with Crippen LogP contribution < -0.4 is 5.73 Å². The summed E-state index contributed by atoms with van der Waals surface area (Å²) in [5.74, 6) is 1.28. The van der Waals surface area contributed by atoms with E-state index in [1.165, 1.54) is 5.56 Å². The van der Waals surface area contributed by atoms with E-state index >= 15 is 0 Å². The van der Waals surface area contributed by atoms with Crippen LogP contribution >= 0.6 is 0 Å². The van der Waals surface area contributed by atoms with Crippen molar-refractivity contribution in [2.45, 2.75) is 33.6 Å². The third-order valence-electron chi connectivity index (χ3n) is 3.18. The minimum Gasteiger partial charge on any atom is -0.382 e. The van der Waals surface area contributed by atoms with E-state index < -0.39 is 0 Å². The van der Waals surface area contributed by atoms with Crippen LogP contribution in [0.5, 0.6) is 0 Å². The number of hydrogen-bond acceptors (Lipinski definition) is 2. The van der Waals surface area contributed by atoms with Gasteiger partial charge in [-0.1, -0.05) is 43.7 Å². The molecular weight excluding hydrogens is 222 g/mol. The number of rotatable bonds is 4. The van der Waals surface area contributed by atoms with Gasteiger partial charge in [0.25, 0.3) is 0 Å². The highest BCUT2D eigenvalue weighted by Crippen LogP contribution is 2.29. The lowest BCUT2D eigenvalue weighted by Gasteiger charge is -2.07. The molecule has 0 spiro atoms. The SMILES string of the molecule is Cc1ccc(-c2c(N)n[nH]c2CCC(C)C)cc1. The molecule has 96 valence electrons. The van der Waals surface area contributed by atoms with Crippen molar-refractivity contribution in [2.24, 2.45) is 5.92 Å². The first-order chi connectivity index (χ1) is 8.58. The third kappa shape index (κ3) is 2.73. The summed E-state index contributed by atoms with van der Waals surface area (Å²) in [4.78, 5) is 0. The van der Waals surface area contributed by atoms with Gasteiger partial charge in [0.15, 0.2) is 5.82 Å². The van der Waals surface area contributed by atoms with Gasteiger partial charge in [0.1, 0.15) is 0 Å². The Morgan fingerprint density at radius 2 is 1.89 bits per heavy atom. The summed E-state index contributed by atoms with van der Waals surface area (Å²) >= 11 is 0. The summed E-state index contributed by atoms with van der Waals surface area (Å²) in [6.45, 7) is 6.54. The second kappa shape index (κ2) is 5.25. The normalized spacial score (nSPS) is 11.1. The van der Waals surface area contributed by atoms with Gasteiger partial charge < -0.3 is 5.73 Å². The average molecular weight is 243 g/mol. The van der Waals surface area contributed by atoms with E-state index in [9.17, 15) is 0 Å². The molecule has 0 saturated heterocycles. The molecule has 3 N–H and O–H groups in total. The molecule has 1 aromatic heterocycles. The number of nitrogens with two attached hydrogens (primary N) is 1. The van der Waals surface area contributed by atoms with Crippen LogP contribution in [0.15, 0.2) is 24.3 Å². The smallest absolute Gasteiger partial charge is 0.153 e. The summed E-state index contributed by atoms with van der Waals surface area (Å²) in [5, 5.41) is 7.21. The molecule has 0 unspecified atom stereocenters. The monoisotopic (exact) mass is 243 g/mol. The largest absolute Gasteiger partial charge is 0.382 e. The van der Waals surface area contributed by atoms with E-state index in [1.54, 1.807) is 0 Å². The van der Waals surface area contributed by atoms with Crippen LogP contribution in [0.25, 0.3) is 11.1 Å². The standard InChI is InChI=1S/C15H21N3/c1-10(2)4-9-13-14(15(16)18-17-13)12-7-5-11(3)6-8-12/h5-8,10H,4,9H2,1-3H3,(H3,16,17,18). The summed E-state index contributed by atoms with van der Waals surface area (Å²) in [6, 6.07) is 8.42. The Hall–Kier alpha value is -1.77.